The predicted molar refractivity (Wildman–Crippen MR) is 93.0 cm³/mol. The molecule has 0 aliphatic heterocycles. The van der Waals surface area contributed by atoms with Crippen LogP contribution in [0, 0.1) is 0 Å². The number of carboxylic acids is 2. The number of para-hydroxylation sites is 1. The van der Waals surface area contributed by atoms with E-state index in [2.05, 4.69) is 15.2 Å². The Kier molecular flexibility index (Phi) is 4.66. The van der Waals surface area contributed by atoms with E-state index in [-0.39, 0.29) is 17.7 Å². The number of nitrogens with one attached hydrogen (secondary N) is 1. The first-order valence-electron chi connectivity index (χ1n) is 7.70. The largest absolute Gasteiger partial charge is 0.507 e. The van der Waals surface area contributed by atoms with Gasteiger partial charge in [-0.05, 0) is 29.8 Å². The van der Waals surface area contributed by atoms with Gasteiger partial charge in [0.05, 0.1) is 5.69 Å². The number of H-pyrrole nitrogens is 1. The summed E-state index contributed by atoms with van der Waals surface area (Å²) in [5.41, 5.74) is 1.51. The van der Waals surface area contributed by atoms with Gasteiger partial charge in [0, 0.05) is 23.5 Å². The lowest BCUT2D eigenvalue weighted by Gasteiger charge is -2.06. The first-order valence-corrected chi connectivity index (χ1v) is 7.70. The van der Waals surface area contributed by atoms with Crippen LogP contribution in [0.15, 0.2) is 58.9 Å². The summed E-state index contributed by atoms with van der Waals surface area (Å²) in [6.45, 7) is 0. The number of azo groups is 1. The van der Waals surface area contributed by atoms with Gasteiger partial charge in [-0.1, -0.05) is 18.2 Å². The van der Waals surface area contributed by atoms with Crippen molar-refractivity contribution in [2.75, 3.05) is 0 Å². The molecule has 8 nitrogen and oxygen atoms in total. The molecule has 0 radical (unpaired) electrons. The quantitative estimate of drug-likeness (QED) is 0.504. The highest BCUT2D eigenvalue weighted by molar-refractivity contribution is 5.91. The standard InChI is InChI=1S/C18H15N3O5/c22-16-6-5-11(8-13(16)17(23)24)20-21-15(18(25)26)7-10-9-19-14-4-2-1-3-12(10)14/h1-6,8-9,15,19,22H,7H2,(H,23,24)(H,25,26)/t15-/m0/s1. The van der Waals surface area contributed by atoms with Crippen LogP contribution < -0.4 is 0 Å². The Morgan fingerprint density at radius 1 is 1.12 bits per heavy atom. The number of aromatic hydroxyl groups is 1. The molecule has 2 aromatic carbocycles. The summed E-state index contributed by atoms with van der Waals surface area (Å²) in [6, 6.07) is 10.0. The van der Waals surface area contributed by atoms with Gasteiger partial charge in [-0.2, -0.15) is 10.2 Å². The fourth-order valence-electron chi connectivity index (χ4n) is 2.58. The summed E-state index contributed by atoms with van der Waals surface area (Å²) < 4.78 is 0. The lowest BCUT2D eigenvalue weighted by molar-refractivity contribution is -0.138. The SMILES string of the molecule is O=C(O)c1cc(N=N[C@@H](Cc2c[nH]c3ccccc23)C(=O)O)ccc1O. The van der Waals surface area contributed by atoms with Crippen LogP contribution in [-0.2, 0) is 11.2 Å². The highest BCUT2D eigenvalue weighted by atomic mass is 16.4. The second kappa shape index (κ2) is 7.06. The Morgan fingerprint density at radius 2 is 1.88 bits per heavy atom. The lowest BCUT2D eigenvalue weighted by atomic mass is 10.1. The molecule has 0 fully saturated rings. The summed E-state index contributed by atoms with van der Waals surface area (Å²) in [7, 11) is 0. The summed E-state index contributed by atoms with van der Waals surface area (Å²) >= 11 is 0. The minimum atomic E-state index is -1.31. The van der Waals surface area contributed by atoms with Gasteiger partial charge in [0.15, 0.2) is 6.04 Å². The molecule has 132 valence electrons. The molecule has 1 aromatic heterocycles. The van der Waals surface area contributed by atoms with Gasteiger partial charge in [0.1, 0.15) is 11.3 Å². The molecule has 3 aromatic rings. The van der Waals surface area contributed by atoms with Crippen molar-refractivity contribution in [2.45, 2.75) is 12.5 Å². The average Bonchev–Trinajstić information content (AvgIpc) is 3.02. The average molecular weight is 353 g/mol. The number of rotatable bonds is 6. The Morgan fingerprint density at radius 3 is 2.62 bits per heavy atom. The molecular formula is C18H15N3O5. The molecule has 0 bridgehead atoms. The maximum Gasteiger partial charge on any atom is 0.339 e. The van der Waals surface area contributed by atoms with Crippen LogP contribution in [0.2, 0.25) is 0 Å². The van der Waals surface area contributed by atoms with Gasteiger partial charge in [-0.15, -0.1) is 0 Å². The third-order valence-electron chi connectivity index (χ3n) is 3.90. The van der Waals surface area contributed by atoms with E-state index in [1.807, 2.05) is 24.3 Å². The second-order valence-corrected chi connectivity index (χ2v) is 5.64. The highest BCUT2D eigenvalue weighted by Gasteiger charge is 2.19. The summed E-state index contributed by atoms with van der Waals surface area (Å²) in [4.78, 5) is 25.6. The molecule has 0 spiro atoms. The third kappa shape index (κ3) is 3.54. The molecule has 0 unspecified atom stereocenters. The molecule has 0 saturated carbocycles. The number of fused-ring (bicyclic) bond motifs is 1. The number of carbonyl (C=O) groups is 2. The third-order valence-corrected chi connectivity index (χ3v) is 3.90. The topological polar surface area (TPSA) is 135 Å². The predicted octanol–water partition coefficient (Wildman–Crippen LogP) is 3.35. The number of benzene rings is 2. The van der Waals surface area contributed by atoms with Crippen LogP contribution in [0.3, 0.4) is 0 Å². The van der Waals surface area contributed by atoms with Crippen LogP contribution in [0.1, 0.15) is 15.9 Å². The number of carboxylic acid groups (broad SMARTS) is 2. The van der Waals surface area contributed by atoms with Crippen molar-refractivity contribution < 1.29 is 24.9 Å². The van der Waals surface area contributed by atoms with Crippen molar-refractivity contribution >= 4 is 28.5 Å². The summed E-state index contributed by atoms with van der Waals surface area (Å²) in [5.74, 6) is -2.85. The van der Waals surface area contributed by atoms with Crippen molar-refractivity contribution in [3.63, 3.8) is 0 Å². The van der Waals surface area contributed by atoms with Gasteiger partial charge in [0.2, 0.25) is 0 Å². The number of aromatic carboxylic acids is 1. The minimum absolute atomic E-state index is 0.132. The first kappa shape index (κ1) is 17.2. The first-order chi connectivity index (χ1) is 12.5. The van der Waals surface area contributed by atoms with Crippen molar-refractivity contribution in [3.8, 4) is 5.75 Å². The monoisotopic (exact) mass is 353 g/mol. The number of hydrogen-bond acceptors (Lipinski definition) is 5. The van der Waals surface area contributed by atoms with E-state index >= 15 is 0 Å². The number of aromatic nitrogens is 1. The maximum absolute atomic E-state index is 11.5. The molecule has 0 amide bonds. The molecule has 0 aliphatic carbocycles. The lowest BCUT2D eigenvalue weighted by Crippen LogP contribution is -2.20. The number of aromatic amines is 1. The number of aliphatic carboxylic acids is 1. The van der Waals surface area contributed by atoms with Gasteiger partial charge in [0.25, 0.3) is 0 Å². The fourth-order valence-corrected chi connectivity index (χ4v) is 2.58. The zero-order valence-corrected chi connectivity index (χ0v) is 13.5. The van der Waals surface area contributed by atoms with E-state index in [0.29, 0.717) is 0 Å². The van der Waals surface area contributed by atoms with Crippen LogP contribution in [0.5, 0.6) is 5.75 Å². The van der Waals surface area contributed by atoms with E-state index in [1.54, 1.807) is 6.20 Å². The van der Waals surface area contributed by atoms with Crippen molar-refractivity contribution in [1.82, 2.24) is 4.98 Å². The van der Waals surface area contributed by atoms with E-state index < -0.39 is 23.7 Å². The molecule has 0 aliphatic rings. The number of nitrogens with zero attached hydrogens (tertiary/aromatic N) is 2. The molecule has 26 heavy (non-hydrogen) atoms. The normalized spacial score (nSPS) is 12.5. The smallest absolute Gasteiger partial charge is 0.339 e. The number of phenols is 1. The Hall–Kier alpha value is -3.68. The molecule has 1 heterocycles. The zero-order chi connectivity index (χ0) is 18.7. The van der Waals surface area contributed by atoms with Crippen molar-refractivity contribution in [3.05, 3.63) is 59.8 Å². The van der Waals surface area contributed by atoms with Crippen LogP contribution in [-0.4, -0.2) is 38.3 Å². The Labute approximate surface area is 147 Å². The van der Waals surface area contributed by atoms with Gasteiger partial charge in [-0.25, -0.2) is 9.59 Å². The number of hydrogen-bond donors (Lipinski definition) is 4. The van der Waals surface area contributed by atoms with Gasteiger partial charge >= 0.3 is 11.9 Å². The van der Waals surface area contributed by atoms with E-state index in [1.165, 1.54) is 12.1 Å². The summed E-state index contributed by atoms with van der Waals surface area (Å²) in [5, 5.41) is 36.5. The Balaban J connectivity index is 1.85. The zero-order valence-electron chi connectivity index (χ0n) is 13.5. The van der Waals surface area contributed by atoms with E-state index in [4.69, 9.17) is 5.11 Å². The molecule has 1 atom stereocenters. The van der Waals surface area contributed by atoms with Gasteiger partial charge in [-0.3, -0.25) is 0 Å². The second-order valence-electron chi connectivity index (χ2n) is 5.64. The Bertz CT molecular complexity index is 1010. The molecule has 4 N–H and O–H groups in total. The maximum atomic E-state index is 11.5. The van der Waals surface area contributed by atoms with Gasteiger partial charge < -0.3 is 20.3 Å². The van der Waals surface area contributed by atoms with E-state index in [9.17, 15) is 19.8 Å². The fraction of sp³-hybridized carbons (Fsp3) is 0.111. The van der Waals surface area contributed by atoms with E-state index in [0.717, 1.165) is 22.5 Å². The van der Waals surface area contributed by atoms with Crippen LogP contribution >= 0.6 is 0 Å². The van der Waals surface area contributed by atoms with Crippen LogP contribution in [0.4, 0.5) is 5.69 Å². The van der Waals surface area contributed by atoms with Crippen molar-refractivity contribution in [1.29, 1.82) is 0 Å². The van der Waals surface area contributed by atoms with Crippen LogP contribution in [0.25, 0.3) is 10.9 Å². The molecule has 0 saturated heterocycles. The molecule has 3 rings (SSSR count). The highest BCUT2D eigenvalue weighted by Crippen LogP contribution is 2.25. The molecular weight excluding hydrogens is 338 g/mol. The minimum Gasteiger partial charge on any atom is -0.507 e. The summed E-state index contributed by atoms with van der Waals surface area (Å²) in [6.07, 6.45) is 1.87. The van der Waals surface area contributed by atoms with Crippen molar-refractivity contribution in [2.24, 2.45) is 10.2 Å². The molecule has 8 heteroatoms.